The summed E-state index contributed by atoms with van der Waals surface area (Å²) in [5, 5.41) is 0. The number of ether oxygens (including phenoxy) is 1. The number of amides is 1. The summed E-state index contributed by atoms with van der Waals surface area (Å²) in [5.74, 6) is 0.895. The summed E-state index contributed by atoms with van der Waals surface area (Å²) in [6.45, 7) is 1.90. The molecule has 0 atom stereocenters. The van der Waals surface area contributed by atoms with Crippen molar-refractivity contribution in [1.29, 1.82) is 0 Å². The van der Waals surface area contributed by atoms with E-state index in [1.54, 1.807) is 4.90 Å². The lowest BCUT2D eigenvalue weighted by molar-refractivity contribution is -0.118. The molecule has 0 unspecified atom stereocenters. The summed E-state index contributed by atoms with van der Waals surface area (Å²) >= 11 is 0. The number of hydrogen-bond acceptors (Lipinski definition) is 2. The first-order valence-electron chi connectivity index (χ1n) is 4.30. The van der Waals surface area contributed by atoms with E-state index in [9.17, 15) is 4.79 Å². The molecule has 1 aromatic rings. The zero-order chi connectivity index (χ0) is 9.10. The highest BCUT2D eigenvalue weighted by atomic mass is 16.5. The van der Waals surface area contributed by atoms with Crippen molar-refractivity contribution in [1.82, 2.24) is 4.90 Å². The molecule has 2 rings (SSSR count). The van der Waals surface area contributed by atoms with Gasteiger partial charge in [0.05, 0.1) is 6.54 Å². The number of hydrogen-bond donors (Lipinski definition) is 0. The molecule has 13 heavy (non-hydrogen) atoms. The molecule has 0 bridgehead atoms. The van der Waals surface area contributed by atoms with E-state index < -0.39 is 0 Å². The van der Waals surface area contributed by atoms with E-state index >= 15 is 0 Å². The van der Waals surface area contributed by atoms with Crippen molar-refractivity contribution in [3.63, 3.8) is 0 Å². The predicted octanol–water partition coefficient (Wildman–Crippen LogP) is 1.04. The first kappa shape index (κ1) is 8.10. The van der Waals surface area contributed by atoms with Gasteiger partial charge in [-0.2, -0.15) is 0 Å². The van der Waals surface area contributed by atoms with Gasteiger partial charge in [0.1, 0.15) is 12.4 Å². The predicted molar refractivity (Wildman–Crippen MR) is 48.4 cm³/mol. The first-order chi connectivity index (χ1) is 6.40. The van der Waals surface area contributed by atoms with Gasteiger partial charge in [0.25, 0.3) is 0 Å². The lowest BCUT2D eigenvalue weighted by Gasteiger charge is -2.11. The Morgan fingerprint density at radius 1 is 1.38 bits per heavy atom. The molecule has 1 aromatic carbocycles. The summed E-state index contributed by atoms with van der Waals surface area (Å²) in [6, 6.07) is 7.81. The van der Waals surface area contributed by atoms with Crippen LogP contribution in [0.3, 0.4) is 0 Å². The lowest BCUT2D eigenvalue weighted by Crippen LogP contribution is -2.23. The molecular weight excluding hydrogens is 166 g/mol. The Labute approximate surface area is 76.9 Å². The molecule has 0 N–H and O–H groups in total. The molecule has 3 nitrogen and oxygen atoms in total. The van der Waals surface area contributed by atoms with Gasteiger partial charge < -0.3 is 9.64 Å². The van der Waals surface area contributed by atoms with Gasteiger partial charge in [-0.3, -0.25) is 4.79 Å². The molecule has 1 aliphatic heterocycles. The maximum atomic E-state index is 10.6. The van der Waals surface area contributed by atoms with Gasteiger partial charge in [-0.25, -0.2) is 0 Å². The van der Waals surface area contributed by atoms with Crippen LogP contribution in [0, 0.1) is 0 Å². The average Bonchev–Trinajstić information content (AvgIpc) is 2.38. The SMILES string of the molecule is O=CN1CCOc2ccccc2C1. The van der Waals surface area contributed by atoms with Crippen LogP contribution in [0.15, 0.2) is 24.3 Å². The number of para-hydroxylation sites is 1. The summed E-state index contributed by atoms with van der Waals surface area (Å²) in [7, 11) is 0. The molecule has 0 spiro atoms. The van der Waals surface area contributed by atoms with Crippen molar-refractivity contribution in [3.8, 4) is 5.75 Å². The van der Waals surface area contributed by atoms with Gasteiger partial charge in [-0.15, -0.1) is 0 Å². The molecule has 0 radical (unpaired) electrons. The molecule has 0 saturated carbocycles. The van der Waals surface area contributed by atoms with Crippen molar-refractivity contribution in [3.05, 3.63) is 29.8 Å². The number of benzene rings is 1. The van der Waals surface area contributed by atoms with Crippen molar-refractivity contribution < 1.29 is 9.53 Å². The van der Waals surface area contributed by atoms with Gasteiger partial charge in [-0.1, -0.05) is 18.2 Å². The van der Waals surface area contributed by atoms with E-state index in [0.717, 1.165) is 17.7 Å². The van der Waals surface area contributed by atoms with Crippen LogP contribution in [0.4, 0.5) is 0 Å². The number of fused-ring (bicyclic) bond motifs is 1. The van der Waals surface area contributed by atoms with Crippen LogP contribution in [0.5, 0.6) is 5.75 Å². The molecule has 0 aromatic heterocycles. The van der Waals surface area contributed by atoms with E-state index in [0.29, 0.717) is 19.7 Å². The Kier molecular flexibility index (Phi) is 2.17. The Balaban J connectivity index is 2.28. The zero-order valence-corrected chi connectivity index (χ0v) is 7.27. The molecule has 0 fully saturated rings. The van der Waals surface area contributed by atoms with E-state index in [-0.39, 0.29) is 0 Å². The third-order valence-electron chi connectivity index (χ3n) is 2.13. The summed E-state index contributed by atoms with van der Waals surface area (Å²) in [5.41, 5.74) is 1.08. The molecule has 0 aliphatic carbocycles. The minimum absolute atomic E-state index is 0.579. The standard InChI is InChI=1S/C10H11NO2/c12-8-11-5-6-13-10-4-2-1-3-9(10)7-11/h1-4,8H,5-7H2. The molecule has 1 heterocycles. The average molecular weight is 177 g/mol. The lowest BCUT2D eigenvalue weighted by atomic mass is 10.2. The normalized spacial score (nSPS) is 15.5. The molecule has 68 valence electrons. The van der Waals surface area contributed by atoms with Crippen LogP contribution >= 0.6 is 0 Å². The summed E-state index contributed by atoms with van der Waals surface area (Å²) in [4.78, 5) is 12.3. The second-order valence-electron chi connectivity index (χ2n) is 3.03. The molecule has 1 amide bonds. The van der Waals surface area contributed by atoms with Crippen molar-refractivity contribution >= 4 is 6.41 Å². The van der Waals surface area contributed by atoms with E-state index in [1.165, 1.54) is 0 Å². The van der Waals surface area contributed by atoms with Gasteiger partial charge in [0.2, 0.25) is 6.41 Å². The maximum absolute atomic E-state index is 10.6. The van der Waals surface area contributed by atoms with E-state index in [1.807, 2.05) is 24.3 Å². The Bertz CT molecular complexity index is 312. The van der Waals surface area contributed by atoms with E-state index in [2.05, 4.69) is 0 Å². The highest BCUT2D eigenvalue weighted by Gasteiger charge is 2.12. The fraction of sp³-hybridized carbons (Fsp3) is 0.300. The Morgan fingerprint density at radius 2 is 2.23 bits per heavy atom. The van der Waals surface area contributed by atoms with Gasteiger partial charge in [-0.05, 0) is 6.07 Å². The van der Waals surface area contributed by atoms with Gasteiger partial charge in [0, 0.05) is 12.1 Å². The fourth-order valence-corrected chi connectivity index (χ4v) is 1.44. The summed E-state index contributed by atoms with van der Waals surface area (Å²) < 4.78 is 5.48. The topological polar surface area (TPSA) is 29.5 Å². The quantitative estimate of drug-likeness (QED) is 0.600. The number of rotatable bonds is 1. The molecule has 0 saturated heterocycles. The maximum Gasteiger partial charge on any atom is 0.210 e. The third-order valence-corrected chi connectivity index (χ3v) is 2.13. The molecular formula is C10H11NO2. The smallest absolute Gasteiger partial charge is 0.210 e. The van der Waals surface area contributed by atoms with Crippen molar-refractivity contribution in [2.24, 2.45) is 0 Å². The molecule has 1 aliphatic rings. The number of nitrogens with zero attached hydrogens (tertiary/aromatic N) is 1. The summed E-state index contributed by atoms with van der Waals surface area (Å²) in [6.07, 6.45) is 0.867. The van der Waals surface area contributed by atoms with Crippen LogP contribution < -0.4 is 4.74 Å². The van der Waals surface area contributed by atoms with Crippen LogP contribution in [0.1, 0.15) is 5.56 Å². The van der Waals surface area contributed by atoms with Crippen LogP contribution in [0.2, 0.25) is 0 Å². The second-order valence-corrected chi connectivity index (χ2v) is 3.03. The van der Waals surface area contributed by atoms with Crippen molar-refractivity contribution in [2.75, 3.05) is 13.2 Å². The Hall–Kier alpha value is -1.51. The Morgan fingerprint density at radius 3 is 3.08 bits per heavy atom. The molecule has 3 heteroatoms. The zero-order valence-electron chi connectivity index (χ0n) is 7.27. The van der Waals surface area contributed by atoms with Crippen LogP contribution in [-0.2, 0) is 11.3 Å². The minimum Gasteiger partial charge on any atom is -0.491 e. The third kappa shape index (κ3) is 1.64. The van der Waals surface area contributed by atoms with Gasteiger partial charge in [0.15, 0.2) is 0 Å². The van der Waals surface area contributed by atoms with E-state index in [4.69, 9.17) is 4.74 Å². The highest BCUT2D eigenvalue weighted by molar-refractivity contribution is 5.48. The number of carbonyl (C=O) groups excluding carboxylic acids is 1. The monoisotopic (exact) mass is 177 g/mol. The minimum atomic E-state index is 0.579. The largest absolute Gasteiger partial charge is 0.491 e. The van der Waals surface area contributed by atoms with Gasteiger partial charge >= 0.3 is 0 Å². The van der Waals surface area contributed by atoms with Crippen LogP contribution in [0.25, 0.3) is 0 Å². The van der Waals surface area contributed by atoms with Crippen LogP contribution in [-0.4, -0.2) is 24.5 Å². The van der Waals surface area contributed by atoms with Crippen molar-refractivity contribution in [2.45, 2.75) is 6.54 Å². The number of carbonyl (C=O) groups is 1. The fourth-order valence-electron chi connectivity index (χ4n) is 1.44. The second kappa shape index (κ2) is 3.47. The first-order valence-corrected chi connectivity index (χ1v) is 4.30. The highest BCUT2D eigenvalue weighted by Crippen LogP contribution is 2.21.